The third-order valence-electron chi connectivity index (χ3n) is 4.77. The van der Waals surface area contributed by atoms with Crippen LogP contribution in [0.5, 0.6) is 0 Å². The number of urea groups is 1. The second-order valence-electron chi connectivity index (χ2n) is 6.17. The Morgan fingerprint density at radius 3 is 2.83 bits per heavy atom. The Morgan fingerprint density at radius 1 is 1.43 bits per heavy atom. The molecule has 2 aliphatic heterocycles. The van der Waals surface area contributed by atoms with Crippen molar-refractivity contribution in [1.82, 2.24) is 20.4 Å². The normalized spacial score (nSPS) is 21.3. The number of likely N-dealkylation sites (tertiary alicyclic amines) is 1. The molecular formula is C16H24N4O2S. The summed E-state index contributed by atoms with van der Waals surface area (Å²) < 4.78 is 0. The lowest BCUT2D eigenvalue weighted by atomic mass is 10.0. The number of nitrogens with zero attached hydrogens (tertiary/aromatic N) is 2. The molecule has 1 atom stereocenters. The van der Waals surface area contributed by atoms with E-state index in [0.29, 0.717) is 12.6 Å². The second kappa shape index (κ2) is 7.31. The molecule has 1 aromatic heterocycles. The molecule has 1 aromatic rings. The molecule has 3 amide bonds. The van der Waals surface area contributed by atoms with Gasteiger partial charge in [0.25, 0.3) is 0 Å². The number of piperidine rings is 1. The SMILES string of the molecule is C[C@@H](C(=O)NCc1cccs1)N1CCC(N2CCNC2=O)CC1. The first kappa shape index (κ1) is 16.3. The number of rotatable bonds is 5. The fraction of sp³-hybridized carbons (Fsp3) is 0.625. The zero-order valence-corrected chi connectivity index (χ0v) is 14.3. The average molecular weight is 336 g/mol. The molecule has 3 rings (SSSR count). The molecule has 2 saturated heterocycles. The van der Waals surface area contributed by atoms with Gasteiger partial charge in [-0.3, -0.25) is 9.69 Å². The molecule has 3 heterocycles. The van der Waals surface area contributed by atoms with E-state index in [1.54, 1.807) is 11.3 Å². The minimum atomic E-state index is -0.122. The highest BCUT2D eigenvalue weighted by Crippen LogP contribution is 2.20. The summed E-state index contributed by atoms with van der Waals surface area (Å²) in [6.07, 6.45) is 1.88. The maximum Gasteiger partial charge on any atom is 0.317 e. The molecule has 0 saturated carbocycles. The van der Waals surface area contributed by atoms with Crippen molar-refractivity contribution in [2.24, 2.45) is 0 Å². The average Bonchev–Trinajstić information content (AvgIpc) is 3.23. The van der Waals surface area contributed by atoms with Gasteiger partial charge in [-0.15, -0.1) is 11.3 Å². The highest BCUT2D eigenvalue weighted by molar-refractivity contribution is 7.09. The lowest BCUT2D eigenvalue weighted by Crippen LogP contribution is -2.52. The minimum Gasteiger partial charge on any atom is -0.350 e. The van der Waals surface area contributed by atoms with Gasteiger partial charge in [0.2, 0.25) is 5.91 Å². The predicted octanol–water partition coefficient (Wildman–Crippen LogP) is 1.24. The van der Waals surface area contributed by atoms with Crippen LogP contribution in [0.3, 0.4) is 0 Å². The first-order valence-corrected chi connectivity index (χ1v) is 9.11. The van der Waals surface area contributed by atoms with Crippen LogP contribution in [-0.4, -0.2) is 60.0 Å². The number of nitrogens with one attached hydrogen (secondary N) is 2. The third kappa shape index (κ3) is 3.84. The van der Waals surface area contributed by atoms with E-state index in [0.717, 1.165) is 39.0 Å². The molecule has 7 heteroatoms. The lowest BCUT2D eigenvalue weighted by Gasteiger charge is -2.38. The Morgan fingerprint density at radius 2 is 2.22 bits per heavy atom. The van der Waals surface area contributed by atoms with Gasteiger partial charge >= 0.3 is 6.03 Å². The van der Waals surface area contributed by atoms with Crippen molar-refractivity contribution < 1.29 is 9.59 Å². The van der Waals surface area contributed by atoms with Gasteiger partial charge in [-0.2, -0.15) is 0 Å². The van der Waals surface area contributed by atoms with E-state index < -0.39 is 0 Å². The van der Waals surface area contributed by atoms with Gasteiger partial charge in [0, 0.05) is 37.1 Å². The van der Waals surface area contributed by atoms with Gasteiger partial charge in [-0.1, -0.05) is 6.07 Å². The van der Waals surface area contributed by atoms with Gasteiger partial charge in [0.15, 0.2) is 0 Å². The second-order valence-corrected chi connectivity index (χ2v) is 7.20. The topological polar surface area (TPSA) is 64.7 Å². The van der Waals surface area contributed by atoms with Gasteiger partial charge in [0.1, 0.15) is 0 Å². The third-order valence-corrected chi connectivity index (χ3v) is 5.65. The van der Waals surface area contributed by atoms with E-state index in [2.05, 4.69) is 15.5 Å². The maximum atomic E-state index is 12.3. The molecule has 2 fully saturated rings. The number of thiophene rings is 1. The Hall–Kier alpha value is -1.60. The first-order chi connectivity index (χ1) is 11.1. The summed E-state index contributed by atoms with van der Waals surface area (Å²) in [5.41, 5.74) is 0. The summed E-state index contributed by atoms with van der Waals surface area (Å²) in [6.45, 7) is 5.85. The quantitative estimate of drug-likeness (QED) is 0.850. The summed E-state index contributed by atoms with van der Waals surface area (Å²) >= 11 is 1.66. The molecule has 0 aliphatic carbocycles. The summed E-state index contributed by atoms with van der Waals surface area (Å²) in [4.78, 5) is 29.4. The fourth-order valence-corrected chi connectivity index (χ4v) is 3.97. The number of amides is 3. The van der Waals surface area contributed by atoms with Gasteiger partial charge < -0.3 is 15.5 Å². The fourth-order valence-electron chi connectivity index (χ4n) is 3.32. The van der Waals surface area contributed by atoms with Crippen LogP contribution in [0.2, 0.25) is 0 Å². The van der Waals surface area contributed by atoms with Crippen molar-refractivity contribution in [3.05, 3.63) is 22.4 Å². The monoisotopic (exact) mass is 336 g/mol. The molecule has 126 valence electrons. The number of hydrogen-bond donors (Lipinski definition) is 2. The molecule has 2 aliphatic rings. The summed E-state index contributed by atoms with van der Waals surface area (Å²) in [6, 6.07) is 4.28. The van der Waals surface area contributed by atoms with Crippen LogP contribution >= 0.6 is 11.3 Å². The van der Waals surface area contributed by atoms with E-state index in [1.165, 1.54) is 4.88 Å². The van der Waals surface area contributed by atoms with Crippen LogP contribution in [0.15, 0.2) is 17.5 Å². The van der Waals surface area contributed by atoms with Crippen LogP contribution < -0.4 is 10.6 Å². The molecule has 23 heavy (non-hydrogen) atoms. The molecular weight excluding hydrogens is 312 g/mol. The molecule has 6 nitrogen and oxygen atoms in total. The van der Waals surface area contributed by atoms with Gasteiger partial charge in [0.05, 0.1) is 12.6 Å². The standard InChI is InChI=1S/C16H24N4O2S/c1-12(15(21)18-11-14-3-2-10-23-14)19-7-4-13(5-8-19)20-9-6-17-16(20)22/h2-3,10,12-13H,4-9,11H2,1H3,(H,17,22)(H,18,21)/t12-/m0/s1. The van der Waals surface area contributed by atoms with Crippen LogP contribution in [-0.2, 0) is 11.3 Å². The summed E-state index contributed by atoms with van der Waals surface area (Å²) in [5, 5.41) is 7.89. The van der Waals surface area contributed by atoms with Crippen molar-refractivity contribution in [3.63, 3.8) is 0 Å². The molecule has 0 spiro atoms. The Bertz CT molecular complexity index is 540. The number of carbonyl (C=O) groups excluding carboxylic acids is 2. The van der Waals surface area contributed by atoms with E-state index >= 15 is 0 Å². The van der Waals surface area contributed by atoms with E-state index in [4.69, 9.17) is 0 Å². The van der Waals surface area contributed by atoms with Crippen molar-refractivity contribution in [2.45, 2.75) is 38.4 Å². The lowest BCUT2D eigenvalue weighted by molar-refractivity contribution is -0.126. The van der Waals surface area contributed by atoms with Crippen molar-refractivity contribution >= 4 is 23.3 Å². The van der Waals surface area contributed by atoms with Crippen LogP contribution in [0, 0.1) is 0 Å². The van der Waals surface area contributed by atoms with Crippen molar-refractivity contribution in [1.29, 1.82) is 0 Å². The summed E-state index contributed by atoms with van der Waals surface area (Å²) in [7, 11) is 0. The molecule has 0 aromatic carbocycles. The van der Waals surface area contributed by atoms with Crippen LogP contribution in [0.1, 0.15) is 24.6 Å². The predicted molar refractivity (Wildman–Crippen MR) is 90.3 cm³/mol. The van der Waals surface area contributed by atoms with Crippen molar-refractivity contribution in [3.8, 4) is 0 Å². The van der Waals surface area contributed by atoms with E-state index in [-0.39, 0.29) is 18.0 Å². The molecule has 0 bridgehead atoms. The Balaban J connectivity index is 1.44. The van der Waals surface area contributed by atoms with E-state index in [9.17, 15) is 9.59 Å². The highest BCUT2D eigenvalue weighted by Gasteiger charge is 2.33. The van der Waals surface area contributed by atoms with Gasteiger partial charge in [-0.05, 0) is 31.2 Å². The highest BCUT2D eigenvalue weighted by atomic mass is 32.1. The number of hydrogen-bond acceptors (Lipinski definition) is 4. The maximum absolute atomic E-state index is 12.3. The van der Waals surface area contributed by atoms with Crippen molar-refractivity contribution in [2.75, 3.05) is 26.2 Å². The number of carbonyl (C=O) groups is 2. The zero-order valence-electron chi connectivity index (χ0n) is 13.5. The zero-order chi connectivity index (χ0) is 16.2. The molecule has 2 N–H and O–H groups in total. The van der Waals surface area contributed by atoms with Gasteiger partial charge in [-0.25, -0.2) is 4.79 Å². The first-order valence-electron chi connectivity index (χ1n) is 8.24. The summed E-state index contributed by atoms with van der Waals surface area (Å²) in [5.74, 6) is 0.0794. The van der Waals surface area contributed by atoms with Crippen LogP contribution in [0.4, 0.5) is 4.79 Å². The molecule has 0 unspecified atom stereocenters. The van der Waals surface area contributed by atoms with E-state index in [1.807, 2.05) is 29.3 Å². The molecule has 0 radical (unpaired) electrons. The Labute approximate surface area is 140 Å². The Kier molecular flexibility index (Phi) is 5.17. The largest absolute Gasteiger partial charge is 0.350 e. The minimum absolute atomic E-state index is 0.0604. The van der Waals surface area contributed by atoms with Crippen LogP contribution in [0.25, 0.3) is 0 Å². The smallest absolute Gasteiger partial charge is 0.317 e.